The van der Waals surface area contributed by atoms with Crippen molar-refractivity contribution >= 4 is 17.3 Å². The first kappa shape index (κ1) is 27.6. The van der Waals surface area contributed by atoms with Crippen LogP contribution in [0.25, 0.3) is 0 Å². The molecule has 6 rings (SSSR count). The van der Waals surface area contributed by atoms with Crippen molar-refractivity contribution in [1.29, 1.82) is 0 Å². The average molecular weight is 554 g/mol. The number of anilines is 2. The molecule has 3 aliphatic rings. The molecule has 3 aliphatic heterocycles. The fraction of sp³-hybridized carbons (Fsp3) is 0.441. The number of carbonyl (C=O) groups excluding carboxylic acids is 1. The molecule has 1 spiro atoms. The summed E-state index contributed by atoms with van der Waals surface area (Å²) in [6.45, 7) is 14.0. The van der Waals surface area contributed by atoms with Crippen LogP contribution in [0.15, 0.2) is 60.7 Å². The van der Waals surface area contributed by atoms with Gasteiger partial charge in [-0.2, -0.15) is 0 Å². The van der Waals surface area contributed by atoms with Crippen LogP contribution in [0, 0.1) is 0 Å². The molecule has 0 radical (unpaired) electrons. The molecule has 0 bridgehead atoms. The third-order valence-corrected chi connectivity index (χ3v) is 9.18. The van der Waals surface area contributed by atoms with Gasteiger partial charge in [0.05, 0.1) is 0 Å². The molecule has 1 amide bonds. The maximum absolute atomic E-state index is 14.3. The maximum Gasteiger partial charge on any atom is 0.269 e. The highest BCUT2D eigenvalue weighted by Gasteiger charge is 2.56. The Balaban J connectivity index is 1.57. The van der Waals surface area contributed by atoms with Gasteiger partial charge >= 0.3 is 0 Å². The number of benzene rings is 3. The molecule has 3 heterocycles. The topological polar surface area (TPSA) is 60.1 Å². The fourth-order valence-corrected chi connectivity index (χ4v) is 7.02. The molecule has 216 valence electrons. The largest absolute Gasteiger partial charge is 0.456 e. The maximum atomic E-state index is 14.3. The number of amides is 1. The van der Waals surface area contributed by atoms with Crippen molar-refractivity contribution in [2.75, 3.05) is 49.1 Å². The zero-order chi connectivity index (χ0) is 28.6. The van der Waals surface area contributed by atoms with Crippen LogP contribution < -0.4 is 25.3 Å². The van der Waals surface area contributed by atoms with Gasteiger partial charge in [0.15, 0.2) is 0 Å². The Kier molecular flexibility index (Phi) is 7.66. The van der Waals surface area contributed by atoms with E-state index in [0.29, 0.717) is 12.6 Å². The lowest BCUT2D eigenvalue weighted by molar-refractivity contribution is 0.0491. The van der Waals surface area contributed by atoms with E-state index in [-0.39, 0.29) is 5.91 Å². The summed E-state index contributed by atoms with van der Waals surface area (Å²) in [6.07, 6.45) is 3.52. The Morgan fingerprint density at radius 2 is 1.46 bits per heavy atom. The van der Waals surface area contributed by atoms with Crippen LogP contribution >= 0.6 is 0 Å². The zero-order valence-electron chi connectivity index (χ0n) is 24.9. The SMILES string of the molecule is CCN(CC)c1ccc2c(c1)Oc1cc(N(CC)CC)ccc1C21c2ccccc2C(=O)N1NCC1CCCCN1. The lowest BCUT2D eigenvalue weighted by atomic mass is 9.75. The van der Waals surface area contributed by atoms with Crippen molar-refractivity contribution in [1.82, 2.24) is 15.8 Å². The molecule has 3 aromatic rings. The number of carbonyl (C=O) groups is 1. The van der Waals surface area contributed by atoms with Crippen molar-refractivity contribution in [3.63, 3.8) is 0 Å². The first-order chi connectivity index (χ1) is 20.1. The first-order valence-electron chi connectivity index (χ1n) is 15.4. The summed E-state index contributed by atoms with van der Waals surface area (Å²) >= 11 is 0. The van der Waals surface area contributed by atoms with Gasteiger partial charge in [0.1, 0.15) is 17.0 Å². The number of hydrogen-bond acceptors (Lipinski definition) is 6. The number of ether oxygens (including phenoxy) is 1. The first-order valence-corrected chi connectivity index (χ1v) is 15.4. The van der Waals surface area contributed by atoms with E-state index in [2.05, 4.69) is 90.7 Å². The van der Waals surface area contributed by atoms with E-state index in [1.807, 2.05) is 23.2 Å². The van der Waals surface area contributed by atoms with E-state index in [9.17, 15) is 4.79 Å². The standard InChI is InChI=1S/C34H43N5O2/c1-5-37(6-2)25-16-18-29-31(21-25)41-32-22-26(38(7-3)8-4)17-19-30(32)34(29)28-15-10-9-14-27(28)33(40)39(34)36-23-24-13-11-12-20-35-24/h9-10,14-19,21-22,24,35-36H,5-8,11-13,20,23H2,1-4H3. The number of hydrogen-bond donors (Lipinski definition) is 2. The number of fused-ring (bicyclic) bond motifs is 6. The molecule has 41 heavy (non-hydrogen) atoms. The second kappa shape index (κ2) is 11.4. The van der Waals surface area contributed by atoms with Gasteiger partial charge in [-0.25, -0.2) is 5.43 Å². The van der Waals surface area contributed by atoms with Crippen LogP contribution in [0.3, 0.4) is 0 Å². The van der Waals surface area contributed by atoms with Gasteiger partial charge in [0.25, 0.3) is 5.91 Å². The van der Waals surface area contributed by atoms with Gasteiger partial charge in [-0.3, -0.25) is 9.80 Å². The van der Waals surface area contributed by atoms with Crippen LogP contribution in [0.2, 0.25) is 0 Å². The number of hydrazine groups is 1. The van der Waals surface area contributed by atoms with Crippen molar-refractivity contribution in [2.45, 2.75) is 58.5 Å². The number of nitrogens with zero attached hydrogens (tertiary/aromatic N) is 3. The van der Waals surface area contributed by atoms with E-state index < -0.39 is 5.54 Å². The Hall–Kier alpha value is -3.55. The third kappa shape index (κ3) is 4.46. The summed E-state index contributed by atoms with van der Waals surface area (Å²) in [6, 6.07) is 21.4. The second-order valence-electron chi connectivity index (χ2n) is 11.2. The lowest BCUT2D eigenvalue weighted by Crippen LogP contribution is -2.57. The molecule has 0 saturated carbocycles. The Labute approximate surface area is 244 Å². The number of piperidine rings is 1. The Bertz CT molecular complexity index is 1350. The molecule has 0 aliphatic carbocycles. The molecule has 7 heteroatoms. The highest BCUT2D eigenvalue weighted by molar-refractivity contribution is 6.02. The van der Waals surface area contributed by atoms with E-state index >= 15 is 0 Å². The minimum atomic E-state index is -0.852. The molecule has 3 aromatic carbocycles. The quantitative estimate of drug-likeness (QED) is 0.345. The van der Waals surface area contributed by atoms with Crippen molar-refractivity contribution < 1.29 is 9.53 Å². The zero-order valence-corrected chi connectivity index (χ0v) is 24.9. The van der Waals surface area contributed by atoms with Crippen molar-refractivity contribution in [2.24, 2.45) is 0 Å². The van der Waals surface area contributed by atoms with Gasteiger partial charge in [-0.1, -0.05) is 36.8 Å². The molecule has 7 nitrogen and oxygen atoms in total. The molecule has 1 saturated heterocycles. The smallest absolute Gasteiger partial charge is 0.269 e. The summed E-state index contributed by atoms with van der Waals surface area (Å²) in [7, 11) is 0. The van der Waals surface area contributed by atoms with Crippen LogP contribution in [-0.4, -0.2) is 56.2 Å². The Morgan fingerprint density at radius 3 is 2.02 bits per heavy atom. The summed E-state index contributed by atoms with van der Waals surface area (Å²) in [5.74, 6) is 1.59. The molecule has 1 fully saturated rings. The van der Waals surface area contributed by atoms with Gasteiger partial charge in [0, 0.05) is 84.5 Å². The summed E-state index contributed by atoms with van der Waals surface area (Å²) in [4.78, 5) is 18.9. The molecular formula is C34H43N5O2. The van der Waals surface area contributed by atoms with Gasteiger partial charge in [-0.15, -0.1) is 0 Å². The van der Waals surface area contributed by atoms with E-state index in [4.69, 9.17) is 4.74 Å². The minimum absolute atomic E-state index is 0.00384. The predicted octanol–water partition coefficient (Wildman–Crippen LogP) is 5.88. The van der Waals surface area contributed by atoms with Crippen molar-refractivity contribution in [3.8, 4) is 11.5 Å². The highest BCUT2D eigenvalue weighted by atomic mass is 16.5. The monoisotopic (exact) mass is 553 g/mol. The fourth-order valence-electron chi connectivity index (χ4n) is 7.02. The molecule has 1 unspecified atom stereocenters. The lowest BCUT2D eigenvalue weighted by Gasteiger charge is -2.45. The number of nitrogens with one attached hydrogen (secondary N) is 2. The van der Waals surface area contributed by atoms with E-state index in [1.54, 1.807) is 0 Å². The molecular weight excluding hydrogens is 510 g/mol. The van der Waals surface area contributed by atoms with E-state index in [0.717, 1.165) is 84.3 Å². The van der Waals surface area contributed by atoms with Gasteiger partial charge in [-0.05, 0) is 65.3 Å². The van der Waals surface area contributed by atoms with Crippen molar-refractivity contribution in [3.05, 3.63) is 82.9 Å². The minimum Gasteiger partial charge on any atom is -0.456 e. The van der Waals surface area contributed by atoms with Crippen LogP contribution in [-0.2, 0) is 5.54 Å². The molecule has 1 atom stereocenters. The van der Waals surface area contributed by atoms with E-state index in [1.165, 1.54) is 12.8 Å². The summed E-state index contributed by atoms with van der Waals surface area (Å²) in [5, 5.41) is 5.54. The molecule has 0 aromatic heterocycles. The highest BCUT2D eigenvalue weighted by Crippen LogP contribution is 2.57. The summed E-state index contributed by atoms with van der Waals surface area (Å²) < 4.78 is 6.79. The average Bonchev–Trinajstić information content (AvgIpc) is 3.25. The predicted molar refractivity (Wildman–Crippen MR) is 166 cm³/mol. The third-order valence-electron chi connectivity index (χ3n) is 9.18. The Morgan fingerprint density at radius 1 is 0.854 bits per heavy atom. The second-order valence-corrected chi connectivity index (χ2v) is 11.2. The van der Waals surface area contributed by atoms with Crippen LogP contribution in [0.5, 0.6) is 11.5 Å². The van der Waals surface area contributed by atoms with Gasteiger partial charge < -0.3 is 19.9 Å². The molecule has 2 N–H and O–H groups in total. The summed E-state index contributed by atoms with van der Waals surface area (Å²) in [5.41, 5.74) is 8.74. The van der Waals surface area contributed by atoms with Gasteiger partial charge in [0.2, 0.25) is 0 Å². The normalized spacial score (nSPS) is 18.5. The van der Waals surface area contributed by atoms with Crippen LogP contribution in [0.1, 0.15) is 74.0 Å². The van der Waals surface area contributed by atoms with Crippen LogP contribution in [0.4, 0.5) is 11.4 Å². The number of rotatable bonds is 9.